The van der Waals surface area contributed by atoms with Gasteiger partial charge in [0.25, 0.3) is 5.91 Å². The molecule has 2 bridgehead atoms. The smallest absolute Gasteiger partial charge is 0.251 e. The number of amides is 1. The van der Waals surface area contributed by atoms with E-state index in [-0.39, 0.29) is 5.91 Å². The van der Waals surface area contributed by atoms with Crippen molar-refractivity contribution in [2.45, 2.75) is 26.1 Å². The molecule has 0 unspecified atom stereocenters. The van der Waals surface area contributed by atoms with Crippen molar-refractivity contribution in [1.82, 2.24) is 20.2 Å². The summed E-state index contributed by atoms with van der Waals surface area (Å²) in [5.41, 5.74) is 6.02. The van der Waals surface area contributed by atoms with E-state index in [1.807, 2.05) is 48.7 Å². The minimum absolute atomic E-state index is 0.119. The van der Waals surface area contributed by atoms with Gasteiger partial charge in [0.1, 0.15) is 12.4 Å². The Kier molecular flexibility index (Phi) is 8.71. The van der Waals surface area contributed by atoms with Crippen LogP contribution in [0.1, 0.15) is 38.3 Å². The molecule has 1 N–H and O–H groups in total. The predicted octanol–water partition coefficient (Wildman–Crippen LogP) is 4.41. The molecule has 0 radical (unpaired) electrons. The largest absolute Gasteiger partial charge is 0.491 e. The SMILES string of the molecule is O=C(NCc1ccncc1)c1ccc2c(c1)Cc1cccc(c1)CN(Cc1ccccn1)CCOCCO2. The Bertz CT molecular complexity index is 1330. The molecule has 0 aliphatic carbocycles. The Hall–Kier alpha value is -4.07. The summed E-state index contributed by atoms with van der Waals surface area (Å²) in [6.07, 6.45) is 5.94. The lowest BCUT2D eigenvalue weighted by Gasteiger charge is -2.23. The summed E-state index contributed by atoms with van der Waals surface area (Å²) >= 11 is 0. The van der Waals surface area contributed by atoms with Crippen molar-refractivity contribution in [3.63, 3.8) is 0 Å². The minimum atomic E-state index is -0.119. The number of fused-ring (bicyclic) bond motifs is 3. The number of carbonyl (C=O) groups excluding carboxylic acids is 1. The van der Waals surface area contributed by atoms with Crippen LogP contribution in [0.15, 0.2) is 91.4 Å². The highest BCUT2D eigenvalue weighted by Gasteiger charge is 2.14. The molecule has 1 amide bonds. The van der Waals surface area contributed by atoms with Crippen molar-refractivity contribution in [2.75, 3.05) is 26.4 Å². The van der Waals surface area contributed by atoms with Gasteiger partial charge in [-0.15, -0.1) is 0 Å². The third-order valence-corrected chi connectivity index (χ3v) is 6.47. The fourth-order valence-electron chi connectivity index (χ4n) is 4.54. The van der Waals surface area contributed by atoms with E-state index in [1.54, 1.807) is 12.4 Å². The van der Waals surface area contributed by atoms with Crippen LogP contribution in [0.4, 0.5) is 0 Å². The van der Waals surface area contributed by atoms with E-state index in [2.05, 4.69) is 50.5 Å². The lowest BCUT2D eigenvalue weighted by molar-refractivity contribution is 0.0754. The molecule has 1 aliphatic rings. The van der Waals surface area contributed by atoms with Crippen LogP contribution in [0.25, 0.3) is 0 Å². The second kappa shape index (κ2) is 12.9. The Morgan fingerprint density at radius 2 is 1.79 bits per heavy atom. The molecule has 3 heterocycles. The zero-order chi connectivity index (χ0) is 26.0. The third-order valence-electron chi connectivity index (χ3n) is 6.47. The number of ether oxygens (including phenoxy) is 2. The van der Waals surface area contributed by atoms with Gasteiger partial charge in [0.15, 0.2) is 0 Å². The molecule has 194 valence electrons. The summed E-state index contributed by atoms with van der Waals surface area (Å²) in [6, 6.07) is 24.0. The Labute approximate surface area is 223 Å². The van der Waals surface area contributed by atoms with Crippen molar-refractivity contribution in [3.8, 4) is 5.75 Å². The Morgan fingerprint density at radius 1 is 0.895 bits per heavy atom. The highest BCUT2D eigenvalue weighted by molar-refractivity contribution is 5.94. The number of carbonyl (C=O) groups is 1. The van der Waals surface area contributed by atoms with Crippen LogP contribution in [0.5, 0.6) is 5.75 Å². The highest BCUT2D eigenvalue weighted by Crippen LogP contribution is 2.25. The molecule has 0 saturated heterocycles. The van der Waals surface area contributed by atoms with Gasteiger partial charge in [-0.3, -0.25) is 19.7 Å². The zero-order valence-corrected chi connectivity index (χ0v) is 21.4. The maximum atomic E-state index is 12.9. The normalized spacial score (nSPS) is 14.5. The first-order valence-electron chi connectivity index (χ1n) is 12.9. The Balaban J connectivity index is 1.34. The van der Waals surface area contributed by atoms with Crippen molar-refractivity contribution in [2.24, 2.45) is 0 Å². The molecule has 2 aromatic carbocycles. The predicted molar refractivity (Wildman–Crippen MR) is 146 cm³/mol. The van der Waals surface area contributed by atoms with Crippen LogP contribution in [-0.2, 0) is 30.8 Å². The van der Waals surface area contributed by atoms with Crippen LogP contribution >= 0.6 is 0 Å². The van der Waals surface area contributed by atoms with Gasteiger partial charge in [0.05, 0.1) is 18.9 Å². The average molecular weight is 509 g/mol. The number of nitrogens with zero attached hydrogens (tertiary/aromatic N) is 3. The molecular weight excluding hydrogens is 476 g/mol. The molecule has 38 heavy (non-hydrogen) atoms. The van der Waals surface area contributed by atoms with E-state index < -0.39 is 0 Å². The topological polar surface area (TPSA) is 76.6 Å². The molecule has 0 fully saturated rings. The molecule has 4 aromatic rings. The van der Waals surface area contributed by atoms with E-state index in [1.165, 1.54) is 11.1 Å². The molecule has 1 aliphatic heterocycles. The molecule has 0 spiro atoms. The summed E-state index contributed by atoms with van der Waals surface area (Å²) < 4.78 is 12.0. The second-order valence-corrected chi connectivity index (χ2v) is 9.35. The van der Waals surface area contributed by atoms with Crippen LogP contribution in [0.3, 0.4) is 0 Å². The van der Waals surface area contributed by atoms with E-state index in [4.69, 9.17) is 9.47 Å². The van der Waals surface area contributed by atoms with Crippen molar-refractivity contribution >= 4 is 5.91 Å². The van der Waals surface area contributed by atoms with Gasteiger partial charge >= 0.3 is 0 Å². The van der Waals surface area contributed by atoms with Crippen LogP contribution < -0.4 is 10.1 Å². The first kappa shape index (κ1) is 25.6. The molecule has 7 nitrogen and oxygen atoms in total. The molecular formula is C31H32N4O3. The first-order chi connectivity index (χ1) is 18.7. The number of hydrogen-bond donors (Lipinski definition) is 1. The summed E-state index contributed by atoms with van der Waals surface area (Å²) in [4.78, 5) is 23.8. The summed E-state index contributed by atoms with van der Waals surface area (Å²) in [7, 11) is 0. The quantitative estimate of drug-likeness (QED) is 0.431. The summed E-state index contributed by atoms with van der Waals surface area (Å²) in [6.45, 7) is 4.36. The molecule has 0 atom stereocenters. The molecule has 2 aromatic heterocycles. The van der Waals surface area contributed by atoms with Gasteiger partial charge in [-0.25, -0.2) is 0 Å². The van der Waals surface area contributed by atoms with Crippen molar-refractivity contribution in [3.05, 3.63) is 125 Å². The van der Waals surface area contributed by atoms with Gasteiger partial charge < -0.3 is 14.8 Å². The standard InChI is InChI=1S/C31H32N4O3/c36-31(34-21-24-9-12-32-13-10-24)27-7-8-30-28(20-27)19-25-4-3-5-26(18-25)22-35(14-15-37-16-17-38-30)23-29-6-1-2-11-33-29/h1-13,18,20H,14-17,19,21-23H2,(H,34,36). The fourth-order valence-corrected chi connectivity index (χ4v) is 4.54. The number of nitrogens with one attached hydrogen (secondary N) is 1. The van der Waals surface area contributed by atoms with Crippen molar-refractivity contribution in [1.29, 1.82) is 0 Å². The van der Waals surface area contributed by atoms with Crippen LogP contribution in [0.2, 0.25) is 0 Å². The molecule has 7 heteroatoms. The van der Waals surface area contributed by atoms with E-state index in [9.17, 15) is 4.79 Å². The molecule has 5 rings (SSSR count). The number of rotatable bonds is 5. The minimum Gasteiger partial charge on any atom is -0.491 e. The van der Waals surface area contributed by atoms with Crippen LogP contribution in [-0.4, -0.2) is 47.1 Å². The van der Waals surface area contributed by atoms with E-state index >= 15 is 0 Å². The summed E-state index contributed by atoms with van der Waals surface area (Å²) in [5, 5.41) is 3.00. The van der Waals surface area contributed by atoms with Crippen molar-refractivity contribution < 1.29 is 14.3 Å². The first-order valence-corrected chi connectivity index (χ1v) is 12.9. The number of aromatic nitrogens is 2. The van der Waals surface area contributed by atoms with E-state index in [0.717, 1.165) is 42.2 Å². The lowest BCUT2D eigenvalue weighted by Crippen LogP contribution is -2.28. The maximum Gasteiger partial charge on any atom is 0.251 e. The van der Waals surface area contributed by atoms with Gasteiger partial charge in [-0.1, -0.05) is 30.3 Å². The van der Waals surface area contributed by atoms with Gasteiger partial charge in [-0.2, -0.15) is 0 Å². The lowest BCUT2D eigenvalue weighted by atomic mass is 9.99. The zero-order valence-electron chi connectivity index (χ0n) is 21.4. The fraction of sp³-hybridized carbons (Fsp3) is 0.258. The maximum absolute atomic E-state index is 12.9. The van der Waals surface area contributed by atoms with Crippen LogP contribution in [0, 0.1) is 0 Å². The summed E-state index contributed by atoms with van der Waals surface area (Å²) in [5.74, 6) is 0.657. The van der Waals surface area contributed by atoms with Gasteiger partial charge in [0.2, 0.25) is 0 Å². The number of benzene rings is 2. The van der Waals surface area contributed by atoms with Gasteiger partial charge in [-0.05, 0) is 64.7 Å². The Morgan fingerprint density at radius 3 is 2.66 bits per heavy atom. The van der Waals surface area contributed by atoms with Gasteiger partial charge in [0, 0.05) is 56.8 Å². The third kappa shape index (κ3) is 7.25. The number of hydrogen-bond acceptors (Lipinski definition) is 6. The second-order valence-electron chi connectivity index (χ2n) is 9.35. The average Bonchev–Trinajstić information content (AvgIpc) is 2.95. The highest BCUT2D eigenvalue weighted by atomic mass is 16.5. The number of pyridine rings is 2. The monoisotopic (exact) mass is 508 g/mol. The van der Waals surface area contributed by atoms with E-state index in [0.29, 0.717) is 38.3 Å². The molecule has 0 saturated carbocycles.